The topological polar surface area (TPSA) is 12.0 Å². The second-order valence-electron chi connectivity index (χ2n) is 4.72. The molecule has 0 aliphatic rings. The van der Waals surface area contributed by atoms with Crippen molar-refractivity contribution < 1.29 is 0 Å². The Morgan fingerprint density at radius 3 is 2.43 bits per heavy atom. The molecule has 0 unspecified atom stereocenters. The Morgan fingerprint density at radius 2 is 1.71 bits per heavy atom. The molecule has 112 valence electrons. The molecule has 0 fully saturated rings. The van der Waals surface area contributed by atoms with Gasteiger partial charge in [-0.3, -0.25) is 0 Å². The molecule has 1 nitrogen and oxygen atoms in total. The van der Waals surface area contributed by atoms with Gasteiger partial charge in [0, 0.05) is 12.1 Å². The van der Waals surface area contributed by atoms with Crippen LogP contribution in [0.25, 0.3) is 11.1 Å². The summed E-state index contributed by atoms with van der Waals surface area (Å²) in [7, 11) is 0. The maximum absolute atomic E-state index is 6.30. The Labute approximate surface area is 145 Å². The highest BCUT2D eigenvalue weighted by atomic mass is 35.5. The van der Waals surface area contributed by atoms with Gasteiger partial charge in [0.2, 0.25) is 0 Å². The van der Waals surface area contributed by atoms with Crippen molar-refractivity contribution in [1.29, 1.82) is 0 Å². The van der Waals surface area contributed by atoms with E-state index < -0.39 is 0 Å². The average molecular weight is 363 g/mol. The van der Waals surface area contributed by atoms with E-state index in [1.807, 2.05) is 12.1 Å². The van der Waals surface area contributed by atoms with Gasteiger partial charge in [0.1, 0.15) is 0 Å². The van der Waals surface area contributed by atoms with Crippen LogP contribution in [0.2, 0.25) is 20.1 Å². The molecule has 0 saturated carbocycles. The first-order valence-corrected chi connectivity index (χ1v) is 8.18. The summed E-state index contributed by atoms with van der Waals surface area (Å²) >= 11 is 24.7. The van der Waals surface area contributed by atoms with E-state index in [1.165, 1.54) is 5.56 Å². The SMILES string of the molecule is CCCNCc1cccc(-c2c(Cl)cc(Cl)c(Cl)c2Cl)c1. The molecule has 2 aromatic rings. The fraction of sp³-hybridized carbons (Fsp3) is 0.250. The molecule has 5 heteroatoms. The second-order valence-corrected chi connectivity index (χ2v) is 6.29. The predicted molar refractivity (Wildman–Crippen MR) is 93.9 cm³/mol. The number of nitrogens with one attached hydrogen (secondary N) is 1. The maximum atomic E-state index is 6.30. The Kier molecular flexibility index (Phi) is 6.21. The van der Waals surface area contributed by atoms with Gasteiger partial charge in [-0.15, -0.1) is 0 Å². The summed E-state index contributed by atoms with van der Waals surface area (Å²) in [5.41, 5.74) is 2.81. The van der Waals surface area contributed by atoms with Crippen LogP contribution in [-0.4, -0.2) is 6.54 Å². The summed E-state index contributed by atoms with van der Waals surface area (Å²) in [6, 6.07) is 9.67. The molecule has 0 heterocycles. The predicted octanol–water partition coefficient (Wildman–Crippen LogP) is 6.47. The van der Waals surface area contributed by atoms with Gasteiger partial charge >= 0.3 is 0 Å². The average Bonchev–Trinajstić information content (AvgIpc) is 2.46. The first kappa shape index (κ1) is 16.9. The van der Waals surface area contributed by atoms with Crippen LogP contribution >= 0.6 is 46.4 Å². The lowest BCUT2D eigenvalue weighted by molar-refractivity contribution is 0.675. The molecule has 1 N–H and O–H groups in total. The second kappa shape index (κ2) is 7.71. The standard InChI is InChI=1S/C16H15Cl4N/c1-2-6-21-9-10-4-3-5-11(7-10)14-12(17)8-13(18)15(19)16(14)20/h3-5,7-8,21H,2,6,9H2,1H3. The first-order valence-electron chi connectivity index (χ1n) is 6.67. The van der Waals surface area contributed by atoms with E-state index in [1.54, 1.807) is 6.07 Å². The number of benzene rings is 2. The van der Waals surface area contributed by atoms with Crippen molar-refractivity contribution in [1.82, 2.24) is 5.32 Å². The van der Waals surface area contributed by atoms with Gasteiger partial charge in [-0.1, -0.05) is 71.5 Å². The van der Waals surface area contributed by atoms with Crippen LogP contribution in [0.3, 0.4) is 0 Å². The van der Waals surface area contributed by atoms with E-state index in [0.29, 0.717) is 25.7 Å². The van der Waals surface area contributed by atoms with Crippen LogP contribution in [0.4, 0.5) is 0 Å². The van der Waals surface area contributed by atoms with Crippen LogP contribution in [0.15, 0.2) is 30.3 Å². The molecule has 0 saturated heterocycles. The fourth-order valence-corrected chi connectivity index (χ4v) is 3.21. The van der Waals surface area contributed by atoms with Crippen LogP contribution in [0.5, 0.6) is 0 Å². The molecular formula is C16H15Cl4N. The highest BCUT2D eigenvalue weighted by Gasteiger charge is 2.15. The van der Waals surface area contributed by atoms with Crippen molar-refractivity contribution in [2.75, 3.05) is 6.54 Å². The lowest BCUT2D eigenvalue weighted by Gasteiger charge is -2.12. The molecule has 0 radical (unpaired) electrons. The number of hydrogen-bond donors (Lipinski definition) is 1. The van der Waals surface area contributed by atoms with Crippen LogP contribution in [-0.2, 0) is 6.54 Å². The van der Waals surface area contributed by atoms with Gasteiger partial charge in [0.25, 0.3) is 0 Å². The lowest BCUT2D eigenvalue weighted by Crippen LogP contribution is -2.13. The minimum atomic E-state index is 0.326. The molecule has 0 amide bonds. The Balaban J connectivity index is 2.39. The zero-order chi connectivity index (χ0) is 15.4. The fourth-order valence-electron chi connectivity index (χ4n) is 2.08. The normalized spacial score (nSPS) is 10.9. The quantitative estimate of drug-likeness (QED) is 0.365. The molecule has 2 aromatic carbocycles. The van der Waals surface area contributed by atoms with E-state index in [4.69, 9.17) is 46.4 Å². The van der Waals surface area contributed by atoms with Gasteiger partial charge < -0.3 is 5.32 Å². The number of halogens is 4. The molecule has 0 aliphatic carbocycles. The smallest absolute Gasteiger partial charge is 0.0785 e. The lowest BCUT2D eigenvalue weighted by atomic mass is 10.0. The van der Waals surface area contributed by atoms with Gasteiger partial charge in [0.05, 0.1) is 20.1 Å². The third kappa shape index (κ3) is 4.06. The summed E-state index contributed by atoms with van der Waals surface area (Å²) < 4.78 is 0. The zero-order valence-electron chi connectivity index (χ0n) is 11.5. The van der Waals surface area contributed by atoms with Crippen molar-refractivity contribution >= 4 is 46.4 Å². The largest absolute Gasteiger partial charge is 0.313 e. The molecule has 21 heavy (non-hydrogen) atoms. The van der Waals surface area contributed by atoms with E-state index in [-0.39, 0.29) is 0 Å². The maximum Gasteiger partial charge on any atom is 0.0785 e. The van der Waals surface area contributed by atoms with Crippen LogP contribution in [0.1, 0.15) is 18.9 Å². The molecule has 0 atom stereocenters. The van der Waals surface area contributed by atoms with Gasteiger partial charge in [-0.2, -0.15) is 0 Å². The van der Waals surface area contributed by atoms with Crippen molar-refractivity contribution in [2.45, 2.75) is 19.9 Å². The molecule has 0 aromatic heterocycles. The van der Waals surface area contributed by atoms with Crippen LogP contribution in [0, 0.1) is 0 Å². The Bertz CT molecular complexity index is 640. The van der Waals surface area contributed by atoms with Crippen molar-refractivity contribution in [3.63, 3.8) is 0 Å². The van der Waals surface area contributed by atoms with E-state index in [9.17, 15) is 0 Å². The van der Waals surface area contributed by atoms with Crippen molar-refractivity contribution in [2.24, 2.45) is 0 Å². The van der Waals surface area contributed by atoms with Crippen molar-refractivity contribution in [3.8, 4) is 11.1 Å². The van der Waals surface area contributed by atoms with E-state index in [0.717, 1.165) is 25.1 Å². The van der Waals surface area contributed by atoms with Crippen molar-refractivity contribution in [3.05, 3.63) is 56.0 Å². The highest BCUT2D eigenvalue weighted by molar-refractivity contribution is 6.51. The van der Waals surface area contributed by atoms with E-state index in [2.05, 4.69) is 24.4 Å². The summed E-state index contributed by atoms with van der Waals surface area (Å²) in [6.45, 7) is 3.93. The first-order chi connectivity index (χ1) is 10.0. The summed E-state index contributed by atoms with van der Waals surface area (Å²) in [4.78, 5) is 0. The summed E-state index contributed by atoms with van der Waals surface area (Å²) in [5, 5.41) is 4.93. The van der Waals surface area contributed by atoms with Gasteiger partial charge in [-0.25, -0.2) is 0 Å². The van der Waals surface area contributed by atoms with Gasteiger partial charge in [-0.05, 0) is 36.2 Å². The monoisotopic (exact) mass is 361 g/mol. The number of hydrogen-bond acceptors (Lipinski definition) is 1. The minimum Gasteiger partial charge on any atom is -0.313 e. The Hall–Kier alpha value is -0.440. The highest BCUT2D eigenvalue weighted by Crippen LogP contribution is 2.43. The third-order valence-corrected chi connectivity index (χ3v) is 4.65. The summed E-state index contributed by atoms with van der Waals surface area (Å²) in [6.07, 6.45) is 1.10. The van der Waals surface area contributed by atoms with E-state index >= 15 is 0 Å². The minimum absolute atomic E-state index is 0.326. The summed E-state index contributed by atoms with van der Waals surface area (Å²) in [5.74, 6) is 0. The molecule has 0 bridgehead atoms. The van der Waals surface area contributed by atoms with Crippen LogP contribution < -0.4 is 5.32 Å². The third-order valence-electron chi connectivity index (χ3n) is 3.09. The molecular weight excluding hydrogens is 348 g/mol. The molecule has 0 aliphatic heterocycles. The zero-order valence-corrected chi connectivity index (χ0v) is 14.5. The number of rotatable bonds is 5. The van der Waals surface area contributed by atoms with Gasteiger partial charge in [0.15, 0.2) is 0 Å². The Morgan fingerprint density at radius 1 is 0.952 bits per heavy atom. The molecule has 2 rings (SSSR count). The molecule has 0 spiro atoms.